The van der Waals surface area contributed by atoms with Gasteiger partial charge in [0.15, 0.2) is 0 Å². The van der Waals surface area contributed by atoms with E-state index in [1.54, 1.807) is 13.2 Å². The second-order valence-corrected chi connectivity index (χ2v) is 7.87. The van der Waals surface area contributed by atoms with E-state index in [9.17, 15) is 14.0 Å². The summed E-state index contributed by atoms with van der Waals surface area (Å²) >= 11 is 6.86. The summed E-state index contributed by atoms with van der Waals surface area (Å²) in [4.78, 5) is 26.5. The van der Waals surface area contributed by atoms with Gasteiger partial charge in [0.2, 0.25) is 0 Å². The Kier molecular flexibility index (Phi) is 5.65. The predicted octanol–water partition coefficient (Wildman–Crippen LogP) is 5.51. The van der Waals surface area contributed by atoms with Crippen molar-refractivity contribution in [3.05, 3.63) is 87.8 Å². The third-order valence-corrected chi connectivity index (χ3v) is 5.92. The van der Waals surface area contributed by atoms with Crippen LogP contribution in [0.5, 0.6) is 5.75 Å². The van der Waals surface area contributed by atoms with Crippen LogP contribution in [0.25, 0.3) is 11.8 Å². The molecule has 0 N–H and O–H groups in total. The van der Waals surface area contributed by atoms with E-state index >= 15 is 0 Å². The molecule has 1 aliphatic heterocycles. The number of hydrogen-bond donors (Lipinski definition) is 0. The second kappa shape index (κ2) is 8.38. The lowest BCUT2D eigenvalue weighted by molar-refractivity contribution is -0.123. The summed E-state index contributed by atoms with van der Waals surface area (Å²) in [6, 6.07) is 15.4. The molecule has 0 aliphatic carbocycles. The van der Waals surface area contributed by atoms with Crippen LogP contribution in [-0.4, -0.2) is 27.7 Å². The van der Waals surface area contributed by atoms with E-state index in [0.29, 0.717) is 0 Å². The third kappa shape index (κ3) is 3.86. The van der Waals surface area contributed by atoms with Gasteiger partial charge in [0.1, 0.15) is 11.6 Å². The Balaban J connectivity index is 1.61. The van der Waals surface area contributed by atoms with E-state index in [2.05, 4.69) is 0 Å². The fraction of sp³-hybridized carbons (Fsp3) is 0.0909. The minimum atomic E-state index is -0.557. The number of amides is 2. The largest absolute Gasteiger partial charge is 0.497 e. The van der Waals surface area contributed by atoms with E-state index in [1.165, 1.54) is 18.2 Å². The predicted molar refractivity (Wildman–Crippen MR) is 115 cm³/mol. The summed E-state index contributed by atoms with van der Waals surface area (Å²) in [5.41, 5.74) is 1.73. The van der Waals surface area contributed by atoms with E-state index in [4.69, 9.17) is 16.3 Å². The first kappa shape index (κ1) is 20.3. The molecule has 152 valence electrons. The topological polar surface area (TPSA) is 51.5 Å². The van der Waals surface area contributed by atoms with Gasteiger partial charge in [-0.15, -0.1) is 0 Å². The zero-order valence-electron chi connectivity index (χ0n) is 15.8. The highest BCUT2D eigenvalue weighted by Crippen LogP contribution is 2.35. The highest BCUT2D eigenvalue weighted by atomic mass is 35.5. The standard InChI is InChI=1S/C22H16ClFN2O3S/c1-29-16-9-7-14(8-10-16)25-11-3-4-15(25)12-20-21(27)26(22(28)30-20)13-17-18(23)5-2-6-19(17)24/h2-12H,13H2,1H3/b20-12+. The number of aromatic nitrogens is 1. The Labute approximate surface area is 181 Å². The van der Waals surface area contributed by atoms with Crippen molar-refractivity contribution < 1.29 is 18.7 Å². The lowest BCUT2D eigenvalue weighted by Gasteiger charge is -2.14. The first-order chi connectivity index (χ1) is 14.5. The number of imide groups is 1. The van der Waals surface area contributed by atoms with Gasteiger partial charge in [-0.3, -0.25) is 14.5 Å². The fourth-order valence-electron chi connectivity index (χ4n) is 3.10. The Morgan fingerprint density at radius 2 is 1.87 bits per heavy atom. The molecule has 2 heterocycles. The van der Waals surface area contributed by atoms with Gasteiger partial charge in [0, 0.05) is 28.2 Å². The van der Waals surface area contributed by atoms with Gasteiger partial charge in [-0.05, 0) is 66.4 Å². The number of nitrogens with zero attached hydrogens (tertiary/aromatic N) is 2. The number of carbonyl (C=O) groups excluding carboxylic acids is 2. The monoisotopic (exact) mass is 442 g/mol. The number of ether oxygens (including phenoxy) is 1. The molecule has 1 aromatic heterocycles. The highest BCUT2D eigenvalue weighted by molar-refractivity contribution is 8.18. The molecule has 0 bridgehead atoms. The van der Waals surface area contributed by atoms with Crippen LogP contribution < -0.4 is 4.74 Å². The van der Waals surface area contributed by atoms with E-state index < -0.39 is 17.0 Å². The van der Waals surface area contributed by atoms with Crippen LogP contribution in [0, 0.1) is 5.82 Å². The van der Waals surface area contributed by atoms with Crippen LogP contribution in [0.15, 0.2) is 65.7 Å². The van der Waals surface area contributed by atoms with Crippen molar-refractivity contribution >= 4 is 40.6 Å². The van der Waals surface area contributed by atoms with Gasteiger partial charge < -0.3 is 9.30 Å². The molecule has 1 fully saturated rings. The van der Waals surface area contributed by atoms with Crippen molar-refractivity contribution in [2.75, 3.05) is 7.11 Å². The number of benzene rings is 2. The minimum absolute atomic E-state index is 0.115. The van der Waals surface area contributed by atoms with Crippen LogP contribution in [0.1, 0.15) is 11.3 Å². The SMILES string of the molecule is COc1ccc(-n2cccc2/C=C2/SC(=O)N(Cc3c(F)cccc3Cl)C2=O)cc1. The van der Waals surface area contributed by atoms with Crippen LogP contribution >= 0.6 is 23.4 Å². The molecule has 4 rings (SSSR count). The molecule has 0 spiro atoms. The van der Waals surface area contributed by atoms with Crippen LogP contribution in [0.2, 0.25) is 5.02 Å². The molecule has 2 amide bonds. The maximum atomic E-state index is 14.1. The molecule has 30 heavy (non-hydrogen) atoms. The Morgan fingerprint density at radius 3 is 2.57 bits per heavy atom. The summed E-state index contributed by atoms with van der Waals surface area (Å²) < 4.78 is 21.2. The van der Waals surface area contributed by atoms with Crippen LogP contribution in [0.4, 0.5) is 9.18 Å². The molecule has 3 aromatic rings. The zero-order valence-corrected chi connectivity index (χ0v) is 17.4. The van der Waals surface area contributed by atoms with Gasteiger partial charge in [0.25, 0.3) is 11.1 Å². The number of methoxy groups -OCH3 is 1. The van der Waals surface area contributed by atoms with Crippen molar-refractivity contribution in [1.29, 1.82) is 0 Å². The molecule has 0 radical (unpaired) electrons. The van der Waals surface area contributed by atoms with Crippen molar-refractivity contribution in [1.82, 2.24) is 9.47 Å². The maximum absolute atomic E-state index is 14.1. The molecule has 0 saturated carbocycles. The molecule has 1 saturated heterocycles. The normalized spacial score (nSPS) is 15.3. The molecule has 5 nitrogen and oxygen atoms in total. The van der Waals surface area contributed by atoms with Gasteiger partial charge in [-0.2, -0.15) is 0 Å². The lowest BCUT2D eigenvalue weighted by Crippen LogP contribution is -2.28. The first-order valence-electron chi connectivity index (χ1n) is 8.98. The Hall–Kier alpha value is -3.03. The average molecular weight is 443 g/mol. The third-order valence-electron chi connectivity index (χ3n) is 4.66. The quantitative estimate of drug-likeness (QED) is 0.488. The lowest BCUT2D eigenvalue weighted by atomic mass is 10.2. The summed E-state index contributed by atoms with van der Waals surface area (Å²) in [6.45, 7) is -0.215. The molecule has 8 heteroatoms. The Bertz CT molecular complexity index is 1140. The molecule has 0 unspecified atom stereocenters. The summed E-state index contributed by atoms with van der Waals surface area (Å²) in [5, 5.41) is -0.292. The van der Waals surface area contributed by atoms with Gasteiger partial charge in [0.05, 0.1) is 18.6 Å². The summed E-state index contributed by atoms with van der Waals surface area (Å²) in [7, 11) is 1.60. The molecular weight excluding hydrogens is 427 g/mol. The summed E-state index contributed by atoms with van der Waals surface area (Å²) in [5.74, 6) is -0.300. The van der Waals surface area contributed by atoms with E-state index in [0.717, 1.165) is 33.8 Å². The fourth-order valence-corrected chi connectivity index (χ4v) is 4.15. The highest BCUT2D eigenvalue weighted by Gasteiger charge is 2.36. The number of rotatable bonds is 5. The van der Waals surface area contributed by atoms with Gasteiger partial charge in [-0.25, -0.2) is 4.39 Å². The van der Waals surface area contributed by atoms with Crippen molar-refractivity contribution in [3.63, 3.8) is 0 Å². The number of thioether (sulfide) groups is 1. The maximum Gasteiger partial charge on any atom is 0.293 e. The molecule has 0 atom stereocenters. The Morgan fingerprint density at radius 1 is 1.10 bits per heavy atom. The molecule has 1 aliphatic rings. The van der Waals surface area contributed by atoms with Crippen molar-refractivity contribution in [3.8, 4) is 11.4 Å². The van der Waals surface area contributed by atoms with Gasteiger partial charge in [-0.1, -0.05) is 17.7 Å². The number of carbonyl (C=O) groups is 2. The van der Waals surface area contributed by atoms with Crippen LogP contribution in [0.3, 0.4) is 0 Å². The van der Waals surface area contributed by atoms with Crippen molar-refractivity contribution in [2.24, 2.45) is 0 Å². The van der Waals surface area contributed by atoms with Crippen LogP contribution in [-0.2, 0) is 11.3 Å². The van der Waals surface area contributed by atoms with Gasteiger partial charge >= 0.3 is 0 Å². The number of hydrogen-bond acceptors (Lipinski definition) is 4. The average Bonchev–Trinajstić information content (AvgIpc) is 3.30. The number of halogens is 2. The zero-order chi connectivity index (χ0) is 21.3. The molecule has 2 aromatic carbocycles. The second-order valence-electron chi connectivity index (χ2n) is 6.47. The minimum Gasteiger partial charge on any atom is -0.497 e. The van der Waals surface area contributed by atoms with Crippen molar-refractivity contribution in [2.45, 2.75) is 6.54 Å². The first-order valence-corrected chi connectivity index (χ1v) is 10.2. The molecular formula is C22H16ClFN2O3S. The smallest absolute Gasteiger partial charge is 0.293 e. The van der Waals surface area contributed by atoms with E-state index in [-0.39, 0.29) is 22.0 Å². The summed E-state index contributed by atoms with van der Waals surface area (Å²) in [6.07, 6.45) is 3.51. The van der Waals surface area contributed by atoms with E-state index in [1.807, 2.05) is 47.2 Å².